The summed E-state index contributed by atoms with van der Waals surface area (Å²) in [6, 6.07) is 0. The third-order valence-electron chi connectivity index (χ3n) is 4.38. The predicted octanol–water partition coefficient (Wildman–Crippen LogP) is 2.56. The van der Waals surface area contributed by atoms with Crippen molar-refractivity contribution >= 4 is 11.8 Å². The Morgan fingerprint density at radius 3 is 2.62 bits per heavy atom. The van der Waals surface area contributed by atoms with Crippen LogP contribution in [0.1, 0.15) is 46.0 Å². The highest BCUT2D eigenvalue weighted by molar-refractivity contribution is 5.89. The lowest BCUT2D eigenvalue weighted by Gasteiger charge is -2.36. The van der Waals surface area contributed by atoms with Crippen molar-refractivity contribution in [1.29, 1.82) is 0 Å². The summed E-state index contributed by atoms with van der Waals surface area (Å²) in [7, 11) is 0. The maximum atomic E-state index is 11.6. The molecule has 1 saturated carbocycles. The Labute approximate surface area is 95.5 Å². The molecule has 1 N–H and O–H groups in total. The van der Waals surface area contributed by atoms with Gasteiger partial charge >= 0.3 is 5.97 Å². The number of aliphatic carboxylic acids is 1. The van der Waals surface area contributed by atoms with Crippen molar-refractivity contribution in [3.8, 4) is 0 Å². The van der Waals surface area contributed by atoms with E-state index in [0.717, 1.165) is 31.3 Å². The van der Waals surface area contributed by atoms with Crippen LogP contribution in [-0.4, -0.2) is 16.9 Å². The van der Waals surface area contributed by atoms with E-state index in [9.17, 15) is 14.7 Å². The molecule has 0 heterocycles. The number of Topliss-reactive ketones (excluding diaryl/α,β-unsaturated/α-hetero) is 1. The first-order chi connectivity index (χ1) is 7.47. The second-order valence-electron chi connectivity index (χ2n) is 5.24. The Kier molecular flexibility index (Phi) is 2.64. The first-order valence-corrected chi connectivity index (χ1v) is 5.93. The van der Waals surface area contributed by atoms with E-state index in [2.05, 4.69) is 6.92 Å². The summed E-state index contributed by atoms with van der Waals surface area (Å²) in [5.41, 5.74) is 1.46. The van der Waals surface area contributed by atoms with Crippen LogP contribution >= 0.6 is 0 Å². The summed E-state index contributed by atoms with van der Waals surface area (Å²) < 4.78 is 0. The molecule has 0 unspecified atom stereocenters. The van der Waals surface area contributed by atoms with Crippen molar-refractivity contribution in [2.24, 2.45) is 11.3 Å². The molecule has 0 bridgehead atoms. The topological polar surface area (TPSA) is 54.4 Å². The molecule has 88 valence electrons. The van der Waals surface area contributed by atoms with E-state index in [1.807, 2.05) is 0 Å². The van der Waals surface area contributed by atoms with Gasteiger partial charge in [-0.15, -0.1) is 0 Å². The third kappa shape index (κ3) is 1.49. The standard InChI is InChI=1S/C13H18O3/c1-8(14)10-5-6-11-9(12(15)16)4-3-7-13(10,11)2/h10H,3-7H2,1-2H3,(H,15,16)/t10-,13-/m1/s1. The fraction of sp³-hybridized carbons (Fsp3) is 0.692. The molecule has 2 atom stereocenters. The highest BCUT2D eigenvalue weighted by atomic mass is 16.4. The molecule has 1 fully saturated rings. The quantitative estimate of drug-likeness (QED) is 0.781. The minimum atomic E-state index is -0.787. The zero-order valence-electron chi connectivity index (χ0n) is 9.88. The van der Waals surface area contributed by atoms with Gasteiger partial charge in [0, 0.05) is 11.5 Å². The van der Waals surface area contributed by atoms with Crippen molar-refractivity contribution in [3.05, 3.63) is 11.1 Å². The van der Waals surface area contributed by atoms with Gasteiger partial charge < -0.3 is 5.11 Å². The maximum Gasteiger partial charge on any atom is 0.331 e. The molecule has 0 saturated heterocycles. The average Bonchev–Trinajstić information content (AvgIpc) is 2.53. The minimum absolute atomic E-state index is 0.0390. The monoisotopic (exact) mass is 222 g/mol. The van der Waals surface area contributed by atoms with Crippen LogP contribution in [0.15, 0.2) is 11.1 Å². The number of allylic oxidation sites excluding steroid dienone is 1. The molecular weight excluding hydrogens is 204 g/mol. The number of hydrogen-bond acceptors (Lipinski definition) is 2. The van der Waals surface area contributed by atoms with Gasteiger partial charge in [0.1, 0.15) is 5.78 Å². The normalized spacial score (nSPS) is 33.8. The van der Waals surface area contributed by atoms with Crippen molar-refractivity contribution in [1.82, 2.24) is 0 Å². The number of ketones is 1. The molecule has 0 aromatic carbocycles. The van der Waals surface area contributed by atoms with Crippen LogP contribution in [0.5, 0.6) is 0 Å². The van der Waals surface area contributed by atoms with Gasteiger partial charge in [-0.25, -0.2) is 4.79 Å². The summed E-state index contributed by atoms with van der Waals surface area (Å²) in [6.07, 6.45) is 4.15. The van der Waals surface area contributed by atoms with Gasteiger partial charge in [-0.05, 0) is 44.4 Å². The van der Waals surface area contributed by atoms with Gasteiger partial charge in [-0.1, -0.05) is 12.5 Å². The molecule has 3 nitrogen and oxygen atoms in total. The number of rotatable bonds is 2. The Morgan fingerprint density at radius 1 is 1.38 bits per heavy atom. The smallest absolute Gasteiger partial charge is 0.331 e. The highest BCUT2D eigenvalue weighted by Gasteiger charge is 2.48. The van der Waals surface area contributed by atoms with Gasteiger partial charge in [-0.3, -0.25) is 4.79 Å². The fourth-order valence-corrected chi connectivity index (χ4v) is 3.60. The number of carboxylic acids is 1. The summed E-state index contributed by atoms with van der Waals surface area (Å²) >= 11 is 0. The average molecular weight is 222 g/mol. The Bertz CT molecular complexity index is 381. The molecule has 0 radical (unpaired) electrons. The van der Waals surface area contributed by atoms with Gasteiger partial charge in [-0.2, -0.15) is 0 Å². The van der Waals surface area contributed by atoms with Gasteiger partial charge in [0.15, 0.2) is 0 Å². The fourth-order valence-electron chi connectivity index (χ4n) is 3.60. The maximum absolute atomic E-state index is 11.6. The van der Waals surface area contributed by atoms with E-state index in [4.69, 9.17) is 0 Å². The van der Waals surface area contributed by atoms with Crippen LogP contribution in [0.3, 0.4) is 0 Å². The third-order valence-corrected chi connectivity index (χ3v) is 4.38. The van der Waals surface area contributed by atoms with Crippen molar-refractivity contribution in [2.45, 2.75) is 46.0 Å². The zero-order valence-corrected chi connectivity index (χ0v) is 9.88. The lowest BCUT2D eigenvalue weighted by molar-refractivity contribution is -0.133. The molecule has 0 aliphatic heterocycles. The van der Waals surface area contributed by atoms with E-state index >= 15 is 0 Å². The molecule has 2 aliphatic rings. The lowest BCUT2D eigenvalue weighted by atomic mass is 9.67. The van der Waals surface area contributed by atoms with E-state index in [1.165, 1.54) is 0 Å². The van der Waals surface area contributed by atoms with Crippen molar-refractivity contribution in [2.75, 3.05) is 0 Å². The van der Waals surface area contributed by atoms with Crippen LogP contribution in [0.2, 0.25) is 0 Å². The van der Waals surface area contributed by atoms with Crippen LogP contribution in [0, 0.1) is 11.3 Å². The van der Waals surface area contributed by atoms with Gasteiger partial charge in [0.2, 0.25) is 0 Å². The first-order valence-electron chi connectivity index (χ1n) is 5.93. The van der Waals surface area contributed by atoms with E-state index in [-0.39, 0.29) is 17.1 Å². The molecular formula is C13H18O3. The van der Waals surface area contributed by atoms with Crippen molar-refractivity contribution in [3.63, 3.8) is 0 Å². The molecule has 16 heavy (non-hydrogen) atoms. The largest absolute Gasteiger partial charge is 0.478 e. The number of hydrogen-bond donors (Lipinski definition) is 1. The van der Waals surface area contributed by atoms with Crippen LogP contribution in [-0.2, 0) is 9.59 Å². The lowest BCUT2D eigenvalue weighted by Crippen LogP contribution is -2.32. The SMILES string of the molecule is CC(=O)[C@H]1CCC2=C(C(=O)O)CCC[C@@]21C. The summed E-state index contributed by atoms with van der Waals surface area (Å²) in [6.45, 7) is 3.71. The van der Waals surface area contributed by atoms with E-state index < -0.39 is 5.97 Å². The van der Waals surface area contributed by atoms with E-state index in [0.29, 0.717) is 12.0 Å². The molecule has 0 aromatic rings. The number of carbonyl (C=O) groups is 2. The molecule has 0 spiro atoms. The van der Waals surface area contributed by atoms with Gasteiger partial charge in [0.05, 0.1) is 0 Å². The summed E-state index contributed by atoms with van der Waals surface area (Å²) in [4.78, 5) is 22.8. The molecule has 0 aromatic heterocycles. The van der Waals surface area contributed by atoms with E-state index in [1.54, 1.807) is 6.92 Å². The second-order valence-corrected chi connectivity index (χ2v) is 5.24. The zero-order chi connectivity index (χ0) is 11.9. The second kappa shape index (κ2) is 3.72. The van der Waals surface area contributed by atoms with Crippen LogP contribution < -0.4 is 0 Å². The van der Waals surface area contributed by atoms with Crippen LogP contribution in [0.4, 0.5) is 0 Å². The number of fused-ring (bicyclic) bond motifs is 1. The summed E-state index contributed by atoms with van der Waals surface area (Å²) in [5, 5.41) is 9.18. The van der Waals surface area contributed by atoms with Gasteiger partial charge in [0.25, 0.3) is 0 Å². The number of carboxylic acid groups (broad SMARTS) is 1. The number of carbonyl (C=O) groups excluding carboxylic acids is 1. The van der Waals surface area contributed by atoms with Crippen LogP contribution in [0.25, 0.3) is 0 Å². The van der Waals surface area contributed by atoms with Crippen molar-refractivity contribution < 1.29 is 14.7 Å². The Morgan fingerprint density at radius 2 is 2.06 bits per heavy atom. The predicted molar refractivity (Wildman–Crippen MR) is 60.0 cm³/mol. The Hall–Kier alpha value is -1.12. The highest BCUT2D eigenvalue weighted by Crippen LogP contribution is 2.55. The Balaban J connectivity index is 2.46. The molecule has 2 aliphatic carbocycles. The molecule has 2 rings (SSSR count). The first kappa shape index (κ1) is 11.4. The molecule has 0 amide bonds. The molecule has 3 heteroatoms. The minimum Gasteiger partial charge on any atom is -0.478 e. The summed E-state index contributed by atoms with van der Waals surface area (Å²) in [5.74, 6) is -0.536.